The number of halogens is 2. The highest BCUT2D eigenvalue weighted by molar-refractivity contribution is 9.10. The number of amides is 1. The number of hydrogen-bond donors (Lipinski definition) is 1. The Morgan fingerprint density at radius 1 is 1.24 bits per heavy atom. The number of thioether (sulfide) groups is 1. The minimum absolute atomic E-state index is 0.0929. The Hall–Kier alpha value is -2.09. The van der Waals surface area contributed by atoms with Crippen molar-refractivity contribution in [1.82, 2.24) is 14.8 Å². The van der Waals surface area contributed by atoms with Gasteiger partial charge in [0.15, 0.2) is 11.0 Å². The predicted octanol–water partition coefficient (Wildman–Crippen LogP) is 5.89. The van der Waals surface area contributed by atoms with E-state index in [1.807, 2.05) is 54.8 Å². The summed E-state index contributed by atoms with van der Waals surface area (Å²) in [6.07, 6.45) is 1.78. The van der Waals surface area contributed by atoms with Crippen LogP contribution in [-0.2, 0) is 11.3 Å². The first-order valence-corrected chi connectivity index (χ1v) is 11.0. The minimum atomic E-state index is -0.0929. The second-order valence-corrected chi connectivity index (χ2v) is 8.76. The molecule has 29 heavy (non-hydrogen) atoms. The Morgan fingerprint density at radius 3 is 2.52 bits per heavy atom. The summed E-state index contributed by atoms with van der Waals surface area (Å²) in [6.45, 7) is 8.30. The van der Waals surface area contributed by atoms with Crippen LogP contribution in [0.1, 0.15) is 11.1 Å². The number of nitrogens with zero attached hydrogens (tertiary/aromatic N) is 3. The molecule has 0 radical (unpaired) electrons. The maximum Gasteiger partial charge on any atom is 0.234 e. The van der Waals surface area contributed by atoms with Crippen LogP contribution < -0.4 is 5.32 Å². The zero-order valence-corrected chi connectivity index (χ0v) is 19.2. The molecule has 1 amide bonds. The van der Waals surface area contributed by atoms with Crippen LogP contribution in [0.3, 0.4) is 0 Å². The first-order chi connectivity index (χ1) is 13.9. The summed E-state index contributed by atoms with van der Waals surface area (Å²) in [5.41, 5.74) is 3.76. The molecular formula is C21H20BrClN4OS. The highest BCUT2D eigenvalue weighted by Crippen LogP contribution is 2.27. The average Bonchev–Trinajstić information content (AvgIpc) is 3.06. The molecule has 0 bridgehead atoms. The average molecular weight is 492 g/mol. The number of anilines is 1. The number of allylic oxidation sites excluding steroid dienone is 1. The number of hydrogen-bond acceptors (Lipinski definition) is 4. The number of benzene rings is 2. The molecule has 2 aromatic carbocycles. The highest BCUT2D eigenvalue weighted by atomic mass is 79.9. The summed E-state index contributed by atoms with van der Waals surface area (Å²) in [7, 11) is 0. The molecule has 0 aliphatic rings. The number of carbonyl (C=O) groups is 1. The Balaban J connectivity index is 1.74. The lowest BCUT2D eigenvalue weighted by atomic mass is 10.1. The quantitative estimate of drug-likeness (QED) is 0.330. The van der Waals surface area contributed by atoms with Crippen molar-refractivity contribution in [2.45, 2.75) is 25.5 Å². The van der Waals surface area contributed by atoms with Crippen LogP contribution in [0.5, 0.6) is 0 Å². The Morgan fingerprint density at radius 2 is 1.90 bits per heavy atom. The van der Waals surface area contributed by atoms with E-state index in [0.717, 1.165) is 26.9 Å². The van der Waals surface area contributed by atoms with Crippen LogP contribution >= 0.6 is 39.3 Å². The van der Waals surface area contributed by atoms with Crippen LogP contribution in [0.15, 0.2) is 58.7 Å². The monoisotopic (exact) mass is 490 g/mol. The third kappa shape index (κ3) is 5.29. The fourth-order valence-corrected chi connectivity index (χ4v) is 4.48. The zero-order chi connectivity index (χ0) is 21.0. The molecule has 1 N–H and O–H groups in total. The largest absolute Gasteiger partial charge is 0.325 e. The summed E-state index contributed by atoms with van der Waals surface area (Å²) < 4.78 is 2.93. The SMILES string of the molecule is C=CCn1c(SCC(=O)Nc2c(C)cc(Br)cc2C)nnc1-c1ccc(Cl)cc1. The predicted molar refractivity (Wildman–Crippen MR) is 124 cm³/mol. The van der Waals surface area contributed by atoms with Crippen molar-refractivity contribution in [3.63, 3.8) is 0 Å². The van der Waals surface area contributed by atoms with E-state index in [1.54, 1.807) is 6.08 Å². The molecule has 8 heteroatoms. The van der Waals surface area contributed by atoms with Gasteiger partial charge in [-0.15, -0.1) is 16.8 Å². The number of carbonyl (C=O) groups excluding carboxylic acids is 1. The fourth-order valence-electron chi connectivity index (χ4n) is 2.92. The third-order valence-electron chi connectivity index (χ3n) is 4.23. The van der Waals surface area contributed by atoms with Gasteiger partial charge in [0, 0.05) is 27.3 Å². The Labute approximate surface area is 187 Å². The van der Waals surface area contributed by atoms with Gasteiger partial charge in [-0.25, -0.2) is 0 Å². The molecular weight excluding hydrogens is 472 g/mol. The second-order valence-electron chi connectivity index (χ2n) is 6.46. The zero-order valence-electron chi connectivity index (χ0n) is 16.1. The van der Waals surface area contributed by atoms with Gasteiger partial charge in [0.05, 0.1) is 5.75 Å². The molecule has 0 saturated carbocycles. The van der Waals surface area contributed by atoms with E-state index in [4.69, 9.17) is 11.6 Å². The van der Waals surface area contributed by atoms with Crippen molar-refractivity contribution in [2.75, 3.05) is 11.1 Å². The molecule has 0 saturated heterocycles. The summed E-state index contributed by atoms with van der Waals surface area (Å²) in [4.78, 5) is 12.5. The van der Waals surface area contributed by atoms with Gasteiger partial charge in [-0.1, -0.05) is 45.4 Å². The number of rotatable bonds is 7. The van der Waals surface area contributed by atoms with Crippen LogP contribution in [0, 0.1) is 13.8 Å². The molecule has 1 heterocycles. The Kier molecular flexibility index (Phi) is 7.16. The molecule has 5 nitrogen and oxygen atoms in total. The topological polar surface area (TPSA) is 59.8 Å². The number of aryl methyl sites for hydroxylation is 2. The van der Waals surface area contributed by atoms with Gasteiger partial charge >= 0.3 is 0 Å². The van der Waals surface area contributed by atoms with Crippen molar-refractivity contribution in [3.05, 3.63) is 69.7 Å². The number of aromatic nitrogens is 3. The van der Waals surface area contributed by atoms with Gasteiger partial charge in [-0.2, -0.15) is 0 Å². The second kappa shape index (κ2) is 9.61. The first kappa shape index (κ1) is 21.6. The van der Waals surface area contributed by atoms with E-state index in [0.29, 0.717) is 22.5 Å². The van der Waals surface area contributed by atoms with E-state index in [2.05, 4.69) is 38.0 Å². The summed E-state index contributed by atoms with van der Waals surface area (Å²) >= 11 is 10.8. The smallest absolute Gasteiger partial charge is 0.234 e. The van der Waals surface area contributed by atoms with Crippen LogP contribution in [0.25, 0.3) is 11.4 Å². The van der Waals surface area contributed by atoms with Gasteiger partial charge in [0.25, 0.3) is 0 Å². The number of nitrogens with one attached hydrogen (secondary N) is 1. The lowest BCUT2D eigenvalue weighted by molar-refractivity contribution is -0.113. The maximum absolute atomic E-state index is 12.5. The Bertz CT molecular complexity index is 1030. The summed E-state index contributed by atoms with van der Waals surface area (Å²) in [6, 6.07) is 11.4. The first-order valence-electron chi connectivity index (χ1n) is 8.88. The van der Waals surface area contributed by atoms with E-state index in [1.165, 1.54) is 11.8 Å². The van der Waals surface area contributed by atoms with Crippen molar-refractivity contribution < 1.29 is 4.79 Å². The molecule has 150 valence electrons. The van der Waals surface area contributed by atoms with Gasteiger partial charge in [-0.05, 0) is 61.4 Å². The molecule has 3 rings (SSSR count). The highest BCUT2D eigenvalue weighted by Gasteiger charge is 2.16. The molecule has 3 aromatic rings. The molecule has 0 fully saturated rings. The van der Waals surface area contributed by atoms with E-state index in [9.17, 15) is 4.79 Å². The fraction of sp³-hybridized carbons (Fsp3) is 0.190. The van der Waals surface area contributed by atoms with Crippen LogP contribution in [-0.4, -0.2) is 26.4 Å². The standard InChI is InChI=1S/C21H20BrClN4OS/c1-4-9-27-20(15-5-7-17(23)8-6-15)25-26-21(27)29-12-18(28)24-19-13(2)10-16(22)11-14(19)3/h4-8,10-11H,1,9,12H2,2-3H3,(H,24,28). The lowest BCUT2D eigenvalue weighted by Crippen LogP contribution is -2.16. The normalized spacial score (nSPS) is 10.8. The van der Waals surface area contributed by atoms with Gasteiger partial charge in [0.2, 0.25) is 5.91 Å². The molecule has 1 aromatic heterocycles. The molecule has 0 aliphatic carbocycles. The molecule has 0 spiro atoms. The minimum Gasteiger partial charge on any atom is -0.325 e. The molecule has 0 atom stereocenters. The third-order valence-corrected chi connectivity index (χ3v) is 5.90. The summed E-state index contributed by atoms with van der Waals surface area (Å²) in [5, 5.41) is 12.9. The van der Waals surface area contributed by atoms with E-state index in [-0.39, 0.29) is 11.7 Å². The maximum atomic E-state index is 12.5. The molecule has 0 unspecified atom stereocenters. The van der Waals surface area contributed by atoms with Crippen LogP contribution in [0.4, 0.5) is 5.69 Å². The van der Waals surface area contributed by atoms with E-state index >= 15 is 0 Å². The van der Waals surface area contributed by atoms with Crippen molar-refractivity contribution in [3.8, 4) is 11.4 Å². The van der Waals surface area contributed by atoms with E-state index < -0.39 is 0 Å². The van der Waals surface area contributed by atoms with Gasteiger partial charge in [0.1, 0.15) is 0 Å². The van der Waals surface area contributed by atoms with Crippen molar-refractivity contribution >= 4 is 50.9 Å². The molecule has 0 aliphatic heterocycles. The van der Waals surface area contributed by atoms with Gasteiger partial charge in [-0.3, -0.25) is 9.36 Å². The van der Waals surface area contributed by atoms with Crippen molar-refractivity contribution in [1.29, 1.82) is 0 Å². The van der Waals surface area contributed by atoms with Gasteiger partial charge < -0.3 is 5.32 Å². The lowest BCUT2D eigenvalue weighted by Gasteiger charge is -2.12. The van der Waals surface area contributed by atoms with Crippen LogP contribution in [0.2, 0.25) is 5.02 Å². The summed E-state index contributed by atoms with van der Waals surface area (Å²) in [5.74, 6) is 0.846. The van der Waals surface area contributed by atoms with Crippen molar-refractivity contribution in [2.24, 2.45) is 0 Å².